The lowest BCUT2D eigenvalue weighted by Crippen LogP contribution is -2.34. The first kappa shape index (κ1) is 13.0. The quantitative estimate of drug-likeness (QED) is 0.824. The predicted octanol–water partition coefficient (Wildman–Crippen LogP) is 1.79. The summed E-state index contributed by atoms with van der Waals surface area (Å²) in [5.74, 6) is 0.620. The molecule has 1 heterocycles. The van der Waals surface area contributed by atoms with E-state index >= 15 is 0 Å². The van der Waals surface area contributed by atoms with Gasteiger partial charge in [0.1, 0.15) is 0 Å². The van der Waals surface area contributed by atoms with Gasteiger partial charge in [-0.15, -0.1) is 0 Å². The van der Waals surface area contributed by atoms with Crippen molar-refractivity contribution in [2.75, 3.05) is 6.54 Å². The monoisotopic (exact) mass is 222 g/mol. The molecule has 1 aromatic heterocycles. The van der Waals surface area contributed by atoms with E-state index in [1.54, 1.807) is 10.6 Å². The minimum atomic E-state index is 0.0824. The van der Waals surface area contributed by atoms with Gasteiger partial charge in [-0.05, 0) is 31.4 Å². The maximum absolute atomic E-state index is 11.6. The van der Waals surface area contributed by atoms with Gasteiger partial charge < -0.3 is 9.88 Å². The Bertz CT molecular complexity index is 382. The number of hydrogen-bond donors (Lipinski definition) is 1. The van der Waals surface area contributed by atoms with Gasteiger partial charge in [0.05, 0.1) is 0 Å². The van der Waals surface area contributed by atoms with Gasteiger partial charge in [0.25, 0.3) is 5.56 Å². The summed E-state index contributed by atoms with van der Waals surface area (Å²) in [6, 6.07) is 4.13. The van der Waals surface area contributed by atoms with E-state index in [0.29, 0.717) is 12.0 Å². The molecule has 1 atom stereocenters. The second-order valence-electron chi connectivity index (χ2n) is 4.72. The fourth-order valence-electron chi connectivity index (χ4n) is 1.44. The maximum Gasteiger partial charge on any atom is 0.250 e. The highest BCUT2D eigenvalue weighted by Crippen LogP contribution is 1.99. The molecule has 0 aliphatic rings. The maximum atomic E-state index is 11.6. The molecule has 1 aromatic rings. The van der Waals surface area contributed by atoms with Crippen molar-refractivity contribution in [2.24, 2.45) is 5.92 Å². The van der Waals surface area contributed by atoms with E-state index < -0.39 is 0 Å². The Morgan fingerprint density at radius 3 is 2.62 bits per heavy atom. The van der Waals surface area contributed by atoms with Crippen LogP contribution >= 0.6 is 0 Å². The van der Waals surface area contributed by atoms with Crippen molar-refractivity contribution in [3.63, 3.8) is 0 Å². The summed E-state index contributed by atoms with van der Waals surface area (Å²) in [6.45, 7) is 10.1. The summed E-state index contributed by atoms with van der Waals surface area (Å²) in [5.41, 5.74) is 1.10. The molecule has 3 heteroatoms. The van der Waals surface area contributed by atoms with Gasteiger partial charge >= 0.3 is 0 Å². The van der Waals surface area contributed by atoms with E-state index in [-0.39, 0.29) is 5.56 Å². The first-order valence-corrected chi connectivity index (χ1v) is 5.91. The molecule has 1 N–H and O–H groups in total. The number of aromatic nitrogens is 1. The van der Waals surface area contributed by atoms with Gasteiger partial charge in [-0.25, -0.2) is 0 Å². The second-order valence-corrected chi connectivity index (χ2v) is 4.72. The van der Waals surface area contributed by atoms with Gasteiger partial charge in [0.15, 0.2) is 0 Å². The SMILES string of the molecule is Cc1ccn(CCNC(C)C(C)C)c(=O)c1. The Hall–Kier alpha value is -1.09. The van der Waals surface area contributed by atoms with Gasteiger partial charge in [-0.3, -0.25) is 4.79 Å². The largest absolute Gasteiger partial charge is 0.314 e. The third kappa shape index (κ3) is 3.81. The van der Waals surface area contributed by atoms with E-state index in [1.165, 1.54) is 0 Å². The van der Waals surface area contributed by atoms with Crippen molar-refractivity contribution in [3.05, 3.63) is 34.2 Å². The van der Waals surface area contributed by atoms with Gasteiger partial charge in [-0.2, -0.15) is 0 Å². The summed E-state index contributed by atoms with van der Waals surface area (Å²) < 4.78 is 1.74. The van der Waals surface area contributed by atoms with Crippen LogP contribution in [0.3, 0.4) is 0 Å². The van der Waals surface area contributed by atoms with E-state index in [9.17, 15) is 4.79 Å². The van der Waals surface area contributed by atoms with Gasteiger partial charge in [0, 0.05) is 31.4 Å². The number of aryl methyl sites for hydroxylation is 1. The lowest BCUT2D eigenvalue weighted by molar-refractivity contribution is 0.415. The molecule has 0 aliphatic carbocycles. The van der Waals surface area contributed by atoms with Crippen molar-refractivity contribution in [1.29, 1.82) is 0 Å². The fourth-order valence-corrected chi connectivity index (χ4v) is 1.44. The molecule has 0 fully saturated rings. The molecule has 0 saturated heterocycles. The lowest BCUT2D eigenvalue weighted by Gasteiger charge is -2.17. The third-order valence-electron chi connectivity index (χ3n) is 2.97. The molecule has 0 radical (unpaired) electrons. The zero-order chi connectivity index (χ0) is 12.1. The van der Waals surface area contributed by atoms with E-state index in [1.807, 2.05) is 19.2 Å². The van der Waals surface area contributed by atoms with Crippen LogP contribution in [0.4, 0.5) is 0 Å². The highest BCUT2D eigenvalue weighted by Gasteiger charge is 2.05. The molecule has 0 aromatic carbocycles. The second kappa shape index (κ2) is 5.85. The smallest absolute Gasteiger partial charge is 0.250 e. The van der Waals surface area contributed by atoms with E-state index in [4.69, 9.17) is 0 Å². The normalized spacial score (nSPS) is 13.1. The number of nitrogens with one attached hydrogen (secondary N) is 1. The van der Waals surface area contributed by atoms with Crippen LogP contribution in [0.2, 0.25) is 0 Å². The van der Waals surface area contributed by atoms with Crippen molar-refractivity contribution >= 4 is 0 Å². The fraction of sp³-hybridized carbons (Fsp3) is 0.615. The molecular formula is C13H22N2O. The van der Waals surface area contributed by atoms with Crippen LogP contribution in [0, 0.1) is 12.8 Å². The van der Waals surface area contributed by atoms with E-state index in [2.05, 4.69) is 26.1 Å². The Morgan fingerprint density at radius 2 is 2.06 bits per heavy atom. The molecule has 0 amide bonds. The summed E-state index contributed by atoms with van der Waals surface area (Å²) in [4.78, 5) is 11.6. The Morgan fingerprint density at radius 1 is 1.38 bits per heavy atom. The van der Waals surface area contributed by atoms with Crippen molar-refractivity contribution < 1.29 is 0 Å². The number of rotatable bonds is 5. The highest BCUT2D eigenvalue weighted by molar-refractivity contribution is 5.07. The number of pyridine rings is 1. The third-order valence-corrected chi connectivity index (χ3v) is 2.97. The van der Waals surface area contributed by atoms with Crippen LogP contribution < -0.4 is 10.9 Å². The van der Waals surface area contributed by atoms with Crippen molar-refractivity contribution in [2.45, 2.75) is 40.3 Å². The van der Waals surface area contributed by atoms with Crippen LogP contribution in [0.25, 0.3) is 0 Å². The molecule has 16 heavy (non-hydrogen) atoms. The van der Waals surface area contributed by atoms with Crippen LogP contribution in [0.5, 0.6) is 0 Å². The standard InChI is InChI=1S/C13H22N2O/c1-10(2)12(4)14-6-8-15-7-5-11(3)9-13(15)16/h5,7,9-10,12,14H,6,8H2,1-4H3. The molecule has 0 bridgehead atoms. The molecule has 0 aliphatic heterocycles. The first-order chi connectivity index (χ1) is 7.50. The highest BCUT2D eigenvalue weighted by atomic mass is 16.1. The van der Waals surface area contributed by atoms with Crippen LogP contribution in [-0.4, -0.2) is 17.2 Å². The Balaban J connectivity index is 2.46. The summed E-state index contributed by atoms with van der Waals surface area (Å²) >= 11 is 0. The van der Waals surface area contributed by atoms with E-state index in [0.717, 1.165) is 18.7 Å². The van der Waals surface area contributed by atoms with Gasteiger partial charge in [0.2, 0.25) is 0 Å². The molecule has 0 saturated carbocycles. The predicted molar refractivity (Wildman–Crippen MR) is 67.7 cm³/mol. The molecular weight excluding hydrogens is 200 g/mol. The number of hydrogen-bond acceptors (Lipinski definition) is 2. The number of nitrogens with zero attached hydrogens (tertiary/aromatic N) is 1. The molecule has 90 valence electrons. The summed E-state index contributed by atoms with van der Waals surface area (Å²) in [6.07, 6.45) is 1.86. The van der Waals surface area contributed by atoms with Gasteiger partial charge in [-0.1, -0.05) is 13.8 Å². The zero-order valence-electron chi connectivity index (χ0n) is 10.7. The molecule has 1 rings (SSSR count). The molecule has 1 unspecified atom stereocenters. The first-order valence-electron chi connectivity index (χ1n) is 5.91. The topological polar surface area (TPSA) is 34.0 Å². The van der Waals surface area contributed by atoms with Crippen molar-refractivity contribution in [3.8, 4) is 0 Å². The average Bonchev–Trinajstić information content (AvgIpc) is 2.20. The van der Waals surface area contributed by atoms with Crippen LogP contribution in [-0.2, 0) is 6.54 Å². The average molecular weight is 222 g/mol. The molecule has 3 nitrogen and oxygen atoms in total. The zero-order valence-corrected chi connectivity index (χ0v) is 10.7. The molecule has 0 spiro atoms. The minimum absolute atomic E-state index is 0.0824. The van der Waals surface area contributed by atoms with Crippen LogP contribution in [0.15, 0.2) is 23.1 Å². The summed E-state index contributed by atoms with van der Waals surface area (Å²) in [7, 11) is 0. The summed E-state index contributed by atoms with van der Waals surface area (Å²) in [5, 5.41) is 3.41. The van der Waals surface area contributed by atoms with Crippen LogP contribution in [0.1, 0.15) is 26.3 Å². The minimum Gasteiger partial charge on any atom is -0.314 e. The van der Waals surface area contributed by atoms with Crippen molar-refractivity contribution in [1.82, 2.24) is 9.88 Å². The Kier molecular flexibility index (Phi) is 4.74. The Labute approximate surface area is 97.5 Å². The lowest BCUT2D eigenvalue weighted by atomic mass is 10.1.